The van der Waals surface area contributed by atoms with Gasteiger partial charge in [-0.2, -0.15) is 9.78 Å². The molecule has 0 aliphatic carbocycles. The molecular weight excluding hydrogens is 479 g/mol. The van der Waals surface area contributed by atoms with E-state index in [1.807, 2.05) is 0 Å². The molecule has 6 rings (SSSR count). The summed E-state index contributed by atoms with van der Waals surface area (Å²) in [6.07, 6.45) is 8.26. The Kier molecular flexibility index (Phi) is 4.27. The van der Waals surface area contributed by atoms with Crippen molar-refractivity contribution < 1.29 is 9.59 Å². The summed E-state index contributed by atoms with van der Waals surface area (Å²) in [5, 5.41) is 8.14. The van der Waals surface area contributed by atoms with Gasteiger partial charge >= 0.3 is 0 Å². The lowest BCUT2D eigenvalue weighted by molar-refractivity contribution is -0.126. The molecule has 0 saturated carbocycles. The van der Waals surface area contributed by atoms with Gasteiger partial charge in [0, 0.05) is 17.0 Å². The van der Waals surface area contributed by atoms with E-state index in [0.29, 0.717) is 50.3 Å². The number of fused-ring (bicyclic) bond motifs is 5. The number of nitrogens with zero attached hydrogens (tertiary/aromatic N) is 6. The highest BCUT2D eigenvalue weighted by atomic mass is 35.5. The van der Waals surface area contributed by atoms with Gasteiger partial charge in [-0.25, -0.2) is 15.0 Å². The first kappa shape index (κ1) is 20.7. The lowest BCUT2D eigenvalue weighted by Crippen LogP contribution is -2.47. The third kappa shape index (κ3) is 2.53. The van der Waals surface area contributed by atoms with Gasteiger partial charge in [-0.05, 0) is 24.6 Å². The van der Waals surface area contributed by atoms with E-state index < -0.39 is 5.41 Å². The number of hydrogen-bond acceptors (Lipinski definition) is 6. The number of aromatic amines is 1. The lowest BCUT2D eigenvalue weighted by Gasteiger charge is -2.33. The highest BCUT2D eigenvalue weighted by molar-refractivity contribution is 6.38. The van der Waals surface area contributed by atoms with Crippen molar-refractivity contribution in [1.29, 1.82) is 0 Å². The number of anilines is 2. The molecule has 2 aliphatic rings. The number of H-pyrrole nitrogens is 1. The van der Waals surface area contributed by atoms with Crippen molar-refractivity contribution in [2.45, 2.75) is 18.8 Å². The van der Waals surface area contributed by atoms with Crippen LogP contribution in [0.3, 0.4) is 0 Å². The Morgan fingerprint density at radius 3 is 2.85 bits per heavy atom. The summed E-state index contributed by atoms with van der Waals surface area (Å²) in [5.74, 6) is 2.47. The van der Waals surface area contributed by atoms with Gasteiger partial charge in [-0.3, -0.25) is 14.5 Å². The van der Waals surface area contributed by atoms with Gasteiger partial charge in [0.05, 0.1) is 29.3 Å². The van der Waals surface area contributed by atoms with Crippen molar-refractivity contribution in [1.82, 2.24) is 29.7 Å². The van der Waals surface area contributed by atoms with Crippen molar-refractivity contribution >= 4 is 57.7 Å². The van der Waals surface area contributed by atoms with E-state index in [-0.39, 0.29) is 29.8 Å². The number of carbonyl (C=O) groups excluding carboxylic acids is 2. The van der Waals surface area contributed by atoms with E-state index in [9.17, 15) is 9.59 Å². The number of halogens is 2. The van der Waals surface area contributed by atoms with Crippen molar-refractivity contribution in [3.8, 4) is 18.2 Å². The van der Waals surface area contributed by atoms with Crippen LogP contribution in [-0.2, 0) is 15.0 Å². The number of carbonyl (C=O) groups is 2. The van der Waals surface area contributed by atoms with E-state index in [4.69, 9.17) is 29.6 Å². The second-order valence-corrected chi connectivity index (χ2v) is 8.87. The first-order valence-corrected chi connectivity index (χ1v) is 10.9. The number of aryl methyl sites for hydroxylation is 1. The largest absolute Gasteiger partial charge is 0.340 e. The van der Waals surface area contributed by atoms with Gasteiger partial charge in [0.2, 0.25) is 11.8 Å². The van der Waals surface area contributed by atoms with E-state index in [0.717, 1.165) is 0 Å². The van der Waals surface area contributed by atoms with Gasteiger partial charge in [0.1, 0.15) is 23.1 Å². The minimum absolute atomic E-state index is 0.0141. The Balaban J connectivity index is 1.69. The molecule has 5 heterocycles. The topological polar surface area (TPSA) is 122 Å². The van der Waals surface area contributed by atoms with Gasteiger partial charge in [0.25, 0.3) is 0 Å². The van der Waals surface area contributed by atoms with Gasteiger partial charge in [0.15, 0.2) is 11.5 Å². The number of terminal acetylenes is 1. The summed E-state index contributed by atoms with van der Waals surface area (Å²) in [5.41, 5.74) is 1.57. The number of aromatic nitrogens is 6. The molecular formula is C22H14Cl2N8O2. The summed E-state index contributed by atoms with van der Waals surface area (Å²) in [7, 11) is 0. The van der Waals surface area contributed by atoms with Crippen LogP contribution in [0.15, 0.2) is 24.8 Å². The molecule has 10 nitrogen and oxygen atoms in total. The monoisotopic (exact) mass is 492 g/mol. The van der Waals surface area contributed by atoms with Crippen LogP contribution in [0.25, 0.3) is 17.0 Å². The lowest BCUT2D eigenvalue weighted by atomic mass is 9.70. The van der Waals surface area contributed by atoms with Crippen LogP contribution in [0.4, 0.5) is 11.5 Å². The molecule has 168 valence electrons. The van der Waals surface area contributed by atoms with Crippen LogP contribution < -0.4 is 10.2 Å². The summed E-state index contributed by atoms with van der Waals surface area (Å²) in [6, 6.07) is 3.21. The van der Waals surface area contributed by atoms with Crippen LogP contribution >= 0.6 is 23.2 Å². The van der Waals surface area contributed by atoms with Crippen LogP contribution in [0, 0.1) is 19.3 Å². The first-order valence-electron chi connectivity index (χ1n) is 10.2. The molecule has 0 fully saturated rings. The van der Waals surface area contributed by atoms with Crippen molar-refractivity contribution in [2.24, 2.45) is 0 Å². The van der Waals surface area contributed by atoms with Crippen molar-refractivity contribution in [3.63, 3.8) is 0 Å². The molecule has 34 heavy (non-hydrogen) atoms. The molecule has 4 aromatic rings. The second-order valence-electron chi connectivity index (χ2n) is 8.03. The van der Waals surface area contributed by atoms with Crippen LogP contribution in [0.2, 0.25) is 10.0 Å². The zero-order valence-electron chi connectivity index (χ0n) is 17.6. The summed E-state index contributed by atoms with van der Waals surface area (Å²) in [4.78, 5) is 44.2. The Hall–Kier alpha value is -3.94. The third-order valence-electron chi connectivity index (χ3n) is 6.19. The average Bonchev–Trinajstić information content (AvgIpc) is 3.46. The molecule has 2 amide bonds. The molecule has 0 radical (unpaired) electrons. The third-order valence-corrected chi connectivity index (χ3v) is 6.70. The molecule has 0 bridgehead atoms. The summed E-state index contributed by atoms with van der Waals surface area (Å²) < 4.78 is 1.48. The molecule has 2 N–H and O–H groups in total. The van der Waals surface area contributed by atoms with Crippen LogP contribution in [0.1, 0.15) is 23.2 Å². The highest BCUT2D eigenvalue weighted by Crippen LogP contribution is 2.55. The smallest absolute Gasteiger partial charge is 0.243 e. The Bertz CT molecular complexity index is 1600. The maximum atomic E-state index is 14.0. The molecule has 0 saturated heterocycles. The Morgan fingerprint density at radius 1 is 1.24 bits per heavy atom. The molecule has 1 aromatic carbocycles. The van der Waals surface area contributed by atoms with Crippen LogP contribution in [0.5, 0.6) is 0 Å². The summed E-state index contributed by atoms with van der Waals surface area (Å²) >= 11 is 12.9. The SMILES string of the molecule is C#CCN1C(=O)[C@@]2(CC(=O)Nc3c2c(C)nn3-c2ncnc3nc[nH]c23)c2cc(Cl)cc(Cl)c21. The Morgan fingerprint density at radius 2 is 2.06 bits per heavy atom. The quantitative estimate of drug-likeness (QED) is 0.415. The van der Waals surface area contributed by atoms with E-state index >= 15 is 0 Å². The number of rotatable bonds is 2. The molecule has 1 spiro atoms. The fraction of sp³-hybridized carbons (Fsp3) is 0.182. The standard InChI is InChI=1S/C22H14Cl2N8O2/c1-3-4-31-17-12(5-11(23)6-13(17)24)22(21(31)34)7-14(33)29-19-15(22)10(2)30-32(19)20-16-18(26-8-25-16)27-9-28-20/h1,5-6,8-9H,4,7H2,2H3,(H,29,33)(H,25,26,27,28)/t22-/m0/s1. The van der Waals surface area contributed by atoms with Crippen molar-refractivity contribution in [3.05, 3.63) is 51.7 Å². The zero-order valence-corrected chi connectivity index (χ0v) is 19.1. The highest BCUT2D eigenvalue weighted by Gasteiger charge is 2.58. The Labute approximate surface area is 202 Å². The predicted molar refractivity (Wildman–Crippen MR) is 125 cm³/mol. The number of amides is 2. The summed E-state index contributed by atoms with van der Waals surface area (Å²) in [6.45, 7) is 1.75. The van der Waals surface area contributed by atoms with Gasteiger partial charge in [-0.15, -0.1) is 6.42 Å². The maximum Gasteiger partial charge on any atom is 0.243 e. The maximum absolute atomic E-state index is 14.0. The minimum atomic E-state index is -1.40. The number of benzene rings is 1. The second kappa shape index (κ2) is 7.03. The molecule has 2 aliphatic heterocycles. The van der Waals surface area contributed by atoms with E-state index in [1.165, 1.54) is 22.2 Å². The number of nitrogens with one attached hydrogen (secondary N) is 2. The molecule has 1 atom stereocenters. The van der Waals surface area contributed by atoms with E-state index in [2.05, 4.69) is 36.3 Å². The number of hydrogen-bond donors (Lipinski definition) is 2. The van der Waals surface area contributed by atoms with E-state index in [1.54, 1.807) is 19.1 Å². The molecule has 0 unspecified atom stereocenters. The average molecular weight is 493 g/mol. The minimum Gasteiger partial charge on any atom is -0.340 e. The fourth-order valence-corrected chi connectivity index (χ4v) is 5.59. The molecule has 12 heteroatoms. The molecule has 3 aromatic heterocycles. The fourth-order valence-electron chi connectivity index (χ4n) is 4.99. The van der Waals surface area contributed by atoms with Gasteiger partial charge in [-0.1, -0.05) is 29.1 Å². The zero-order chi connectivity index (χ0) is 23.8. The van der Waals surface area contributed by atoms with Crippen molar-refractivity contribution in [2.75, 3.05) is 16.8 Å². The van der Waals surface area contributed by atoms with Crippen LogP contribution in [-0.4, -0.2) is 48.1 Å². The first-order chi connectivity index (χ1) is 16.4. The normalized spacial score (nSPS) is 18.8. The predicted octanol–water partition coefficient (Wildman–Crippen LogP) is 2.76. The van der Waals surface area contributed by atoms with Gasteiger partial charge < -0.3 is 10.3 Å². The number of imidazole rings is 1.